The molecule has 0 saturated carbocycles. The minimum atomic E-state index is -3.97. The maximum atomic E-state index is 13.7. The Morgan fingerprint density at radius 1 is 0.746 bits per heavy atom. The van der Waals surface area contributed by atoms with Crippen molar-refractivity contribution in [3.8, 4) is 11.1 Å². The topological polar surface area (TPSA) is 137 Å². The molecule has 7 rings (SSSR count). The van der Waals surface area contributed by atoms with Crippen molar-refractivity contribution < 1.29 is 32.9 Å². The van der Waals surface area contributed by atoms with E-state index in [4.69, 9.17) is 9.47 Å². The zero-order valence-electron chi connectivity index (χ0n) is 36.2. The van der Waals surface area contributed by atoms with Crippen molar-refractivity contribution in [2.24, 2.45) is 5.92 Å². The van der Waals surface area contributed by atoms with E-state index in [2.05, 4.69) is 21.9 Å². The third-order valence-electron chi connectivity index (χ3n) is 12.0. The lowest BCUT2D eigenvalue weighted by Crippen LogP contribution is -2.47. The van der Waals surface area contributed by atoms with Crippen LogP contribution in [0.2, 0.25) is 0 Å². The van der Waals surface area contributed by atoms with Gasteiger partial charge in [-0.1, -0.05) is 152 Å². The van der Waals surface area contributed by atoms with E-state index < -0.39 is 34.4 Å². The Morgan fingerprint density at radius 2 is 1.38 bits per heavy atom. The van der Waals surface area contributed by atoms with Crippen LogP contribution in [-0.4, -0.2) is 61.2 Å². The predicted octanol–water partition coefficient (Wildman–Crippen LogP) is 8.21. The van der Waals surface area contributed by atoms with E-state index in [1.165, 1.54) is 12.1 Å². The molecule has 0 spiro atoms. The van der Waals surface area contributed by atoms with Crippen LogP contribution in [0, 0.1) is 12.8 Å². The highest BCUT2D eigenvalue weighted by atomic mass is 32.2. The molecule has 1 saturated heterocycles. The Labute approximate surface area is 371 Å². The van der Waals surface area contributed by atoms with Crippen LogP contribution in [0.25, 0.3) is 11.1 Å². The molecule has 6 aromatic rings. The van der Waals surface area contributed by atoms with Crippen LogP contribution in [0.1, 0.15) is 71.3 Å². The van der Waals surface area contributed by atoms with Crippen LogP contribution in [0.5, 0.6) is 0 Å². The van der Waals surface area contributed by atoms with Gasteiger partial charge in [-0.15, -0.1) is 0 Å². The second-order valence-electron chi connectivity index (χ2n) is 16.6. The number of sulfonamides is 1. The summed E-state index contributed by atoms with van der Waals surface area (Å²) in [6, 6.07) is 48.1. The maximum absolute atomic E-state index is 13.7. The molecule has 1 fully saturated rings. The molecule has 1 heterocycles. The Hall–Kier alpha value is -5.50. The molecule has 0 radical (unpaired) electrons. The van der Waals surface area contributed by atoms with Gasteiger partial charge in [0, 0.05) is 30.6 Å². The van der Waals surface area contributed by atoms with Crippen LogP contribution in [0.4, 0.5) is 0 Å². The standard InChI is InChI=1S/C52H57N3O7S/c1-35-18-28-46(29-19-35)63(59,60)54-47(31-38-12-7-5-8-13-38)51(58)53-32-40-14-11-17-45(30-40)41-24-26-44(27-25-41)52-61-48(33-55(4)37(3)49(57)42-15-9-6-10-16-42)36(2)50(62-52)43-22-20-39(34-56)21-23-43/h5-30,36-37,47-50,52,54,56-57H,31-34H2,1-4H3,(H,53,58)/t36-,37-,47+,48+,49-,50+,52+/m0/s1. The van der Waals surface area contributed by atoms with E-state index >= 15 is 0 Å². The number of hydrogen-bond acceptors (Lipinski definition) is 8. The summed E-state index contributed by atoms with van der Waals surface area (Å²) < 4.78 is 42.9. The number of amides is 1. The number of aryl methyl sites for hydroxylation is 1. The predicted molar refractivity (Wildman–Crippen MR) is 246 cm³/mol. The molecule has 10 nitrogen and oxygen atoms in total. The maximum Gasteiger partial charge on any atom is 0.241 e. The lowest BCUT2D eigenvalue weighted by molar-refractivity contribution is -0.276. The van der Waals surface area contributed by atoms with Gasteiger partial charge in [0.15, 0.2) is 6.29 Å². The highest BCUT2D eigenvalue weighted by Gasteiger charge is 2.39. The van der Waals surface area contributed by atoms with E-state index in [0.717, 1.165) is 50.1 Å². The zero-order chi connectivity index (χ0) is 44.5. The highest BCUT2D eigenvalue weighted by Crippen LogP contribution is 2.42. The number of nitrogens with one attached hydrogen (secondary N) is 2. The first kappa shape index (κ1) is 45.5. The van der Waals surface area contributed by atoms with E-state index in [9.17, 15) is 23.4 Å². The Morgan fingerprint density at radius 3 is 2.05 bits per heavy atom. The fourth-order valence-electron chi connectivity index (χ4n) is 7.96. The number of aliphatic hydroxyl groups excluding tert-OH is 2. The quantitative estimate of drug-likeness (QED) is 0.0721. The van der Waals surface area contributed by atoms with E-state index in [1.54, 1.807) is 12.1 Å². The van der Waals surface area contributed by atoms with Gasteiger partial charge in [0.25, 0.3) is 0 Å². The summed E-state index contributed by atoms with van der Waals surface area (Å²) in [5, 5.41) is 23.9. The van der Waals surface area contributed by atoms with Crippen LogP contribution in [0.3, 0.4) is 0 Å². The van der Waals surface area contributed by atoms with Gasteiger partial charge in [0.1, 0.15) is 6.04 Å². The summed E-state index contributed by atoms with van der Waals surface area (Å²) in [5.41, 5.74) is 8.06. The number of benzene rings is 6. The third kappa shape index (κ3) is 11.6. The van der Waals surface area contributed by atoms with Crippen LogP contribution < -0.4 is 10.0 Å². The molecule has 11 heteroatoms. The monoisotopic (exact) mass is 867 g/mol. The van der Waals surface area contributed by atoms with Gasteiger partial charge in [-0.3, -0.25) is 9.69 Å². The van der Waals surface area contributed by atoms with Gasteiger partial charge >= 0.3 is 0 Å². The molecule has 7 atom stereocenters. The fourth-order valence-corrected chi connectivity index (χ4v) is 9.16. The number of ether oxygens (including phenoxy) is 2. The minimum Gasteiger partial charge on any atom is -0.392 e. The van der Waals surface area contributed by atoms with Gasteiger partial charge < -0.3 is 25.0 Å². The molecule has 0 aromatic heterocycles. The summed E-state index contributed by atoms with van der Waals surface area (Å²) in [6.45, 7) is 6.75. The summed E-state index contributed by atoms with van der Waals surface area (Å²) in [5.74, 6) is -0.464. The first-order valence-electron chi connectivity index (χ1n) is 21.4. The van der Waals surface area contributed by atoms with Crippen molar-refractivity contribution in [3.63, 3.8) is 0 Å². The van der Waals surface area contributed by atoms with Crippen molar-refractivity contribution in [2.75, 3.05) is 13.6 Å². The molecule has 1 aliphatic heterocycles. The second-order valence-corrected chi connectivity index (χ2v) is 18.3. The molecule has 328 valence electrons. The minimum absolute atomic E-state index is 0.0331. The number of carbonyl (C=O) groups is 1. The number of rotatable bonds is 17. The van der Waals surface area contributed by atoms with Gasteiger partial charge in [-0.05, 0) is 84.5 Å². The summed E-state index contributed by atoms with van der Waals surface area (Å²) in [6.07, 6.45) is -1.69. The summed E-state index contributed by atoms with van der Waals surface area (Å²) in [4.78, 5) is 15.9. The van der Waals surface area contributed by atoms with Gasteiger partial charge in [-0.25, -0.2) is 8.42 Å². The first-order chi connectivity index (χ1) is 30.4. The number of aliphatic hydroxyl groups is 2. The van der Waals surface area contributed by atoms with E-state index in [0.29, 0.717) is 6.54 Å². The summed E-state index contributed by atoms with van der Waals surface area (Å²) >= 11 is 0. The molecule has 63 heavy (non-hydrogen) atoms. The van der Waals surface area contributed by atoms with Crippen molar-refractivity contribution in [2.45, 2.75) is 81.9 Å². The van der Waals surface area contributed by atoms with Crippen LogP contribution in [0.15, 0.2) is 163 Å². The lowest BCUT2D eigenvalue weighted by Gasteiger charge is -2.43. The second kappa shape index (κ2) is 20.8. The van der Waals surface area contributed by atoms with E-state index in [1.807, 2.05) is 154 Å². The normalized spacial score (nSPS) is 19.3. The highest BCUT2D eigenvalue weighted by molar-refractivity contribution is 7.89. The smallest absolute Gasteiger partial charge is 0.241 e. The van der Waals surface area contributed by atoms with Crippen molar-refractivity contribution in [1.29, 1.82) is 0 Å². The van der Waals surface area contributed by atoms with E-state index in [-0.39, 0.29) is 48.6 Å². The number of likely N-dealkylation sites (N-methyl/N-ethyl adjacent to an activating group) is 1. The molecule has 1 amide bonds. The average Bonchev–Trinajstić information content (AvgIpc) is 3.31. The fraction of sp³-hybridized carbons (Fsp3) is 0.288. The van der Waals surface area contributed by atoms with Gasteiger partial charge in [0.2, 0.25) is 15.9 Å². The number of hydrogen-bond donors (Lipinski definition) is 4. The molecule has 0 unspecified atom stereocenters. The molecule has 0 aliphatic carbocycles. The average molecular weight is 868 g/mol. The molecule has 0 bridgehead atoms. The Kier molecular flexibility index (Phi) is 15.0. The SMILES string of the molecule is Cc1ccc(S(=O)(=O)N[C@H](Cc2ccccc2)C(=O)NCc2cccc(-c3ccc([C@@H]4O[C@H](CN(C)[C@@H](C)[C@H](O)c5ccccc5)[C@H](C)[C@H](c5ccc(CO)cc5)O4)cc3)c2)cc1. The van der Waals surface area contributed by atoms with Crippen molar-refractivity contribution >= 4 is 15.9 Å². The summed E-state index contributed by atoms with van der Waals surface area (Å²) in [7, 11) is -1.97. The molecule has 6 aromatic carbocycles. The largest absolute Gasteiger partial charge is 0.392 e. The Bertz CT molecular complexity index is 2500. The van der Waals surface area contributed by atoms with Gasteiger partial charge in [0.05, 0.1) is 29.8 Å². The zero-order valence-corrected chi connectivity index (χ0v) is 37.0. The number of carbonyl (C=O) groups excluding carboxylic acids is 1. The van der Waals surface area contributed by atoms with Crippen LogP contribution in [-0.2, 0) is 43.9 Å². The molecule has 4 N–H and O–H groups in total. The van der Waals surface area contributed by atoms with Crippen molar-refractivity contribution in [3.05, 3.63) is 197 Å². The first-order valence-corrected chi connectivity index (χ1v) is 22.9. The molecular formula is C52H57N3O7S. The van der Waals surface area contributed by atoms with Crippen molar-refractivity contribution in [1.82, 2.24) is 14.9 Å². The van der Waals surface area contributed by atoms with Gasteiger partial charge in [-0.2, -0.15) is 4.72 Å². The molecule has 1 aliphatic rings. The number of nitrogens with zero attached hydrogens (tertiary/aromatic N) is 1. The third-order valence-corrected chi connectivity index (χ3v) is 13.5. The lowest BCUT2D eigenvalue weighted by atomic mass is 9.89. The molecular weight excluding hydrogens is 811 g/mol. The Balaban J connectivity index is 1.05. The van der Waals surface area contributed by atoms with Crippen LogP contribution >= 0.6 is 0 Å².